The molecule has 0 bridgehead atoms. The molecule has 0 fully saturated rings. The molecule has 0 aliphatic carbocycles. The third-order valence-corrected chi connectivity index (χ3v) is 6.18. The number of benzene rings is 1. The predicted molar refractivity (Wildman–Crippen MR) is 95.5 cm³/mol. The Bertz CT molecular complexity index is 921. The monoisotopic (exact) mass is 341 g/mol. The van der Waals surface area contributed by atoms with E-state index in [1.807, 2.05) is 11.8 Å². The Morgan fingerprint density at radius 1 is 1.30 bits per heavy atom. The molecule has 1 aliphatic heterocycles. The Hall–Kier alpha value is -1.79. The lowest BCUT2D eigenvalue weighted by Crippen LogP contribution is -2.17. The summed E-state index contributed by atoms with van der Waals surface area (Å²) in [5.41, 5.74) is 2.00. The summed E-state index contributed by atoms with van der Waals surface area (Å²) in [5, 5.41) is 1.46. The van der Waals surface area contributed by atoms with Gasteiger partial charge in [0, 0.05) is 22.6 Å². The van der Waals surface area contributed by atoms with Gasteiger partial charge in [0.15, 0.2) is 5.16 Å². The molecule has 0 amide bonds. The summed E-state index contributed by atoms with van der Waals surface area (Å²) in [6.45, 7) is 2.10. The van der Waals surface area contributed by atoms with Crippen molar-refractivity contribution in [3.8, 4) is 0 Å². The second-order valence-electron chi connectivity index (χ2n) is 5.55. The lowest BCUT2D eigenvalue weighted by molar-refractivity contribution is 0.591. The van der Waals surface area contributed by atoms with Crippen LogP contribution in [0.25, 0.3) is 10.9 Å². The number of fused-ring (bicyclic) bond motifs is 3. The molecule has 2 aromatic heterocycles. The normalized spacial score (nSPS) is 16.7. The molecular formula is C17H15N3OS2. The fourth-order valence-corrected chi connectivity index (χ4v) is 4.98. The van der Waals surface area contributed by atoms with Gasteiger partial charge in [0.1, 0.15) is 0 Å². The molecule has 3 aromatic rings. The molecule has 0 saturated carbocycles. The standard InChI is InChI=1S/C17H15N3OS2/c1-11-2-4-13(5-3-11)22-9-12-10-23-17-19-16(21)14-6-7-18-8-15(14)20(12)17/h2-8,12H,9-10H2,1H3. The van der Waals surface area contributed by atoms with E-state index in [9.17, 15) is 4.79 Å². The summed E-state index contributed by atoms with van der Waals surface area (Å²) >= 11 is 3.50. The van der Waals surface area contributed by atoms with Crippen LogP contribution in [0.4, 0.5) is 0 Å². The summed E-state index contributed by atoms with van der Waals surface area (Å²) < 4.78 is 2.18. The fraction of sp³-hybridized carbons (Fsp3) is 0.235. The Labute approximate surface area is 142 Å². The van der Waals surface area contributed by atoms with Crippen LogP contribution in [0, 0.1) is 6.92 Å². The molecule has 23 heavy (non-hydrogen) atoms. The summed E-state index contributed by atoms with van der Waals surface area (Å²) in [6.07, 6.45) is 3.42. The minimum absolute atomic E-state index is 0.159. The SMILES string of the molecule is Cc1ccc(SCC2CSc3nc(=O)c4ccncc4n32)cc1. The molecule has 0 spiro atoms. The average Bonchev–Trinajstić information content (AvgIpc) is 2.98. The molecule has 6 heteroatoms. The molecule has 1 aromatic carbocycles. The van der Waals surface area contributed by atoms with E-state index in [4.69, 9.17) is 0 Å². The number of pyridine rings is 1. The van der Waals surface area contributed by atoms with Crippen molar-refractivity contribution in [2.75, 3.05) is 11.5 Å². The zero-order valence-corrected chi connectivity index (χ0v) is 14.2. The second kappa shape index (κ2) is 6.02. The van der Waals surface area contributed by atoms with Gasteiger partial charge in [-0.2, -0.15) is 4.98 Å². The molecular weight excluding hydrogens is 326 g/mol. The first-order valence-electron chi connectivity index (χ1n) is 7.41. The van der Waals surface area contributed by atoms with E-state index >= 15 is 0 Å². The minimum atomic E-state index is -0.159. The van der Waals surface area contributed by atoms with Crippen molar-refractivity contribution < 1.29 is 0 Å². The maximum atomic E-state index is 12.1. The molecule has 1 aliphatic rings. The van der Waals surface area contributed by atoms with Crippen LogP contribution in [0.1, 0.15) is 11.6 Å². The first-order valence-corrected chi connectivity index (χ1v) is 9.38. The lowest BCUT2D eigenvalue weighted by atomic mass is 10.2. The van der Waals surface area contributed by atoms with Gasteiger partial charge < -0.3 is 4.57 Å². The molecule has 4 nitrogen and oxygen atoms in total. The highest BCUT2D eigenvalue weighted by Gasteiger charge is 2.26. The first-order chi connectivity index (χ1) is 11.2. The molecule has 4 rings (SSSR count). The van der Waals surface area contributed by atoms with Crippen LogP contribution in [-0.2, 0) is 0 Å². The molecule has 0 radical (unpaired) electrons. The zero-order valence-electron chi connectivity index (χ0n) is 12.6. The third kappa shape index (κ3) is 2.77. The van der Waals surface area contributed by atoms with E-state index in [1.54, 1.807) is 30.2 Å². The van der Waals surface area contributed by atoms with Gasteiger partial charge in [-0.15, -0.1) is 11.8 Å². The Morgan fingerprint density at radius 3 is 2.96 bits per heavy atom. The van der Waals surface area contributed by atoms with Crippen molar-refractivity contribution in [2.45, 2.75) is 23.0 Å². The van der Waals surface area contributed by atoms with E-state index in [-0.39, 0.29) is 5.56 Å². The summed E-state index contributed by atoms with van der Waals surface area (Å²) in [7, 11) is 0. The van der Waals surface area contributed by atoms with E-state index in [0.717, 1.165) is 22.2 Å². The van der Waals surface area contributed by atoms with Gasteiger partial charge in [0.2, 0.25) is 0 Å². The Kier molecular flexibility index (Phi) is 3.87. The van der Waals surface area contributed by atoms with Gasteiger partial charge in [-0.1, -0.05) is 29.5 Å². The van der Waals surface area contributed by atoms with Crippen LogP contribution < -0.4 is 5.56 Å². The highest BCUT2D eigenvalue weighted by Crippen LogP contribution is 2.36. The largest absolute Gasteiger partial charge is 0.314 e. The number of nitrogens with zero attached hydrogens (tertiary/aromatic N) is 3. The zero-order chi connectivity index (χ0) is 15.8. The van der Waals surface area contributed by atoms with Crippen molar-refractivity contribution in [3.63, 3.8) is 0 Å². The van der Waals surface area contributed by atoms with Gasteiger partial charge in [0.25, 0.3) is 5.56 Å². The van der Waals surface area contributed by atoms with Crippen molar-refractivity contribution in [1.82, 2.24) is 14.5 Å². The third-order valence-electron chi connectivity index (χ3n) is 3.93. The lowest BCUT2D eigenvalue weighted by Gasteiger charge is -2.16. The Morgan fingerprint density at radius 2 is 2.13 bits per heavy atom. The second-order valence-corrected chi connectivity index (χ2v) is 7.63. The molecule has 0 N–H and O–H groups in total. The van der Waals surface area contributed by atoms with Crippen molar-refractivity contribution in [2.24, 2.45) is 0 Å². The molecule has 1 unspecified atom stereocenters. The fourth-order valence-electron chi connectivity index (χ4n) is 2.71. The highest BCUT2D eigenvalue weighted by atomic mass is 32.2. The predicted octanol–water partition coefficient (Wildman–Crippen LogP) is 3.54. The molecule has 3 heterocycles. The van der Waals surface area contributed by atoms with Crippen LogP contribution in [0.5, 0.6) is 0 Å². The number of rotatable bonds is 3. The summed E-state index contributed by atoms with van der Waals surface area (Å²) in [6, 6.07) is 10.7. The number of hydrogen-bond acceptors (Lipinski definition) is 5. The van der Waals surface area contributed by atoms with Gasteiger partial charge in [-0.3, -0.25) is 9.78 Å². The quantitative estimate of drug-likeness (QED) is 0.539. The molecule has 116 valence electrons. The van der Waals surface area contributed by atoms with Gasteiger partial charge >= 0.3 is 0 Å². The first kappa shape index (κ1) is 14.8. The van der Waals surface area contributed by atoms with E-state index < -0.39 is 0 Å². The Balaban J connectivity index is 1.66. The van der Waals surface area contributed by atoms with E-state index in [2.05, 4.69) is 45.7 Å². The van der Waals surface area contributed by atoms with E-state index in [1.165, 1.54) is 10.5 Å². The highest BCUT2D eigenvalue weighted by molar-refractivity contribution is 8.00. The summed E-state index contributed by atoms with van der Waals surface area (Å²) in [4.78, 5) is 21.8. The number of aromatic nitrogens is 3. The maximum Gasteiger partial charge on any atom is 0.281 e. The van der Waals surface area contributed by atoms with Crippen LogP contribution in [0.15, 0.2) is 57.6 Å². The minimum Gasteiger partial charge on any atom is -0.314 e. The van der Waals surface area contributed by atoms with Crippen molar-refractivity contribution in [3.05, 3.63) is 58.6 Å². The van der Waals surface area contributed by atoms with Gasteiger partial charge in [0.05, 0.1) is 23.1 Å². The topological polar surface area (TPSA) is 47.8 Å². The van der Waals surface area contributed by atoms with Gasteiger partial charge in [-0.05, 0) is 25.1 Å². The molecule has 1 atom stereocenters. The van der Waals surface area contributed by atoms with Gasteiger partial charge in [-0.25, -0.2) is 0 Å². The van der Waals surface area contributed by atoms with Crippen LogP contribution in [-0.4, -0.2) is 26.0 Å². The number of aryl methyl sites for hydroxylation is 1. The van der Waals surface area contributed by atoms with Crippen LogP contribution >= 0.6 is 23.5 Å². The van der Waals surface area contributed by atoms with Crippen LogP contribution in [0.2, 0.25) is 0 Å². The van der Waals surface area contributed by atoms with E-state index in [0.29, 0.717) is 11.4 Å². The average molecular weight is 341 g/mol. The summed E-state index contributed by atoms with van der Waals surface area (Å²) in [5.74, 6) is 1.90. The van der Waals surface area contributed by atoms with Crippen molar-refractivity contribution in [1.29, 1.82) is 0 Å². The number of hydrogen-bond donors (Lipinski definition) is 0. The number of thioether (sulfide) groups is 2. The molecule has 0 saturated heterocycles. The van der Waals surface area contributed by atoms with Crippen molar-refractivity contribution >= 4 is 34.4 Å². The smallest absolute Gasteiger partial charge is 0.281 e. The van der Waals surface area contributed by atoms with Crippen LogP contribution in [0.3, 0.4) is 0 Å². The maximum absolute atomic E-state index is 12.1.